The summed E-state index contributed by atoms with van der Waals surface area (Å²) < 4.78 is 26.5. The number of hydrogen-bond donors (Lipinski definition) is 1. The molecule has 1 atom stereocenters. The molecule has 0 aliphatic carbocycles. The summed E-state index contributed by atoms with van der Waals surface area (Å²) in [6.45, 7) is 1.99. The molecule has 2 rings (SSSR count). The molecule has 4 nitrogen and oxygen atoms in total. The molecule has 1 fully saturated rings. The molecular weight excluding hydrogens is 268 g/mol. The normalized spacial score (nSPS) is 22.1. The molecule has 0 aromatic heterocycles. The van der Waals surface area contributed by atoms with Crippen LogP contribution < -0.4 is 0 Å². The molecule has 1 aromatic carbocycles. The lowest BCUT2D eigenvalue weighted by molar-refractivity contribution is -0.147. The van der Waals surface area contributed by atoms with Crippen molar-refractivity contribution in [1.29, 1.82) is 0 Å². The van der Waals surface area contributed by atoms with Crippen molar-refractivity contribution in [3.63, 3.8) is 0 Å². The van der Waals surface area contributed by atoms with Crippen LogP contribution in [0.3, 0.4) is 0 Å². The lowest BCUT2D eigenvalue weighted by Crippen LogP contribution is -2.35. The van der Waals surface area contributed by atoms with Crippen LogP contribution in [0.4, 0.5) is 8.78 Å². The van der Waals surface area contributed by atoms with Gasteiger partial charge in [-0.15, -0.1) is 0 Å². The molecule has 108 valence electrons. The number of carbonyl (C=O) groups excluding carboxylic acids is 1. The number of amides is 1. The fourth-order valence-corrected chi connectivity index (χ4v) is 2.31. The topological polar surface area (TPSA) is 57.6 Å². The average molecular weight is 283 g/mol. The summed E-state index contributed by atoms with van der Waals surface area (Å²) in [5.74, 6) is -3.36. The minimum Gasteiger partial charge on any atom is -0.481 e. The van der Waals surface area contributed by atoms with Gasteiger partial charge in [0.15, 0.2) is 11.6 Å². The molecule has 1 aliphatic rings. The zero-order valence-corrected chi connectivity index (χ0v) is 11.0. The van der Waals surface area contributed by atoms with Crippen LogP contribution in [0.15, 0.2) is 18.2 Å². The average Bonchev–Trinajstić information content (AvgIpc) is 2.79. The molecule has 0 bridgehead atoms. The van der Waals surface area contributed by atoms with Crippen molar-refractivity contribution in [2.45, 2.75) is 19.8 Å². The van der Waals surface area contributed by atoms with Gasteiger partial charge in [0.25, 0.3) is 0 Å². The van der Waals surface area contributed by atoms with Gasteiger partial charge < -0.3 is 10.0 Å². The first-order chi connectivity index (χ1) is 9.33. The Morgan fingerprint density at radius 2 is 2.10 bits per heavy atom. The Labute approximate surface area is 115 Å². The van der Waals surface area contributed by atoms with Crippen molar-refractivity contribution in [3.8, 4) is 0 Å². The van der Waals surface area contributed by atoms with Gasteiger partial charge in [0.2, 0.25) is 5.91 Å². The van der Waals surface area contributed by atoms with Crippen LogP contribution in [0.5, 0.6) is 0 Å². The number of aliphatic carboxylic acids is 1. The van der Waals surface area contributed by atoms with E-state index in [4.69, 9.17) is 5.11 Å². The molecule has 1 N–H and O–H groups in total. The largest absolute Gasteiger partial charge is 0.481 e. The number of likely N-dealkylation sites (tertiary alicyclic amines) is 1. The SMILES string of the molecule is C[C@]1(C(=O)O)CCN(C(=O)Cc2cccc(F)c2F)C1. The van der Waals surface area contributed by atoms with Crippen molar-refractivity contribution in [1.82, 2.24) is 4.90 Å². The predicted molar refractivity (Wildman–Crippen MR) is 67.0 cm³/mol. The molecule has 0 saturated carbocycles. The standard InChI is InChI=1S/C14H15F2NO3/c1-14(13(19)20)5-6-17(8-14)11(18)7-9-3-2-4-10(15)12(9)16/h2-4H,5-8H2,1H3,(H,19,20)/t14-/m0/s1. The summed E-state index contributed by atoms with van der Waals surface area (Å²) in [5.41, 5.74) is -0.977. The van der Waals surface area contributed by atoms with Gasteiger partial charge in [-0.1, -0.05) is 12.1 Å². The summed E-state index contributed by atoms with van der Waals surface area (Å²) in [6, 6.07) is 3.68. The maximum absolute atomic E-state index is 13.5. The minimum absolute atomic E-state index is 0.0149. The third-order valence-corrected chi connectivity index (χ3v) is 3.72. The van der Waals surface area contributed by atoms with Crippen molar-refractivity contribution >= 4 is 11.9 Å². The maximum Gasteiger partial charge on any atom is 0.311 e. The highest BCUT2D eigenvalue weighted by molar-refractivity contribution is 5.82. The number of carboxylic acid groups (broad SMARTS) is 1. The number of benzene rings is 1. The second-order valence-electron chi connectivity index (χ2n) is 5.32. The zero-order chi connectivity index (χ0) is 14.9. The lowest BCUT2D eigenvalue weighted by Gasteiger charge is -2.20. The second kappa shape index (κ2) is 5.19. The highest BCUT2D eigenvalue weighted by atomic mass is 19.2. The van der Waals surface area contributed by atoms with Gasteiger partial charge in [-0.05, 0) is 19.4 Å². The Morgan fingerprint density at radius 3 is 2.70 bits per heavy atom. The molecule has 0 unspecified atom stereocenters. The highest BCUT2D eigenvalue weighted by Crippen LogP contribution is 2.30. The summed E-state index contributed by atoms with van der Waals surface area (Å²) in [7, 11) is 0. The molecule has 1 aromatic rings. The molecule has 0 spiro atoms. The van der Waals surface area contributed by atoms with E-state index < -0.39 is 23.0 Å². The van der Waals surface area contributed by atoms with Crippen molar-refractivity contribution in [2.75, 3.05) is 13.1 Å². The van der Waals surface area contributed by atoms with E-state index in [1.54, 1.807) is 6.92 Å². The van der Waals surface area contributed by atoms with Crippen molar-refractivity contribution < 1.29 is 23.5 Å². The van der Waals surface area contributed by atoms with Crippen LogP contribution in [0.2, 0.25) is 0 Å². The van der Waals surface area contributed by atoms with Crippen LogP contribution in [-0.2, 0) is 16.0 Å². The Morgan fingerprint density at radius 1 is 1.40 bits per heavy atom. The fourth-order valence-electron chi connectivity index (χ4n) is 2.31. The second-order valence-corrected chi connectivity index (χ2v) is 5.32. The number of carbonyl (C=O) groups is 2. The van der Waals surface area contributed by atoms with Gasteiger partial charge in [0, 0.05) is 18.7 Å². The van der Waals surface area contributed by atoms with E-state index in [9.17, 15) is 18.4 Å². The monoisotopic (exact) mass is 283 g/mol. The predicted octanol–water partition coefficient (Wildman–Crippen LogP) is 1.83. The van der Waals surface area contributed by atoms with E-state index in [0.29, 0.717) is 13.0 Å². The molecular formula is C14H15F2NO3. The summed E-state index contributed by atoms with van der Waals surface area (Å²) in [6.07, 6.45) is 0.0962. The first kappa shape index (κ1) is 14.4. The van der Waals surface area contributed by atoms with Crippen molar-refractivity contribution in [2.24, 2.45) is 5.41 Å². The van der Waals surface area contributed by atoms with E-state index in [0.717, 1.165) is 6.07 Å². The van der Waals surface area contributed by atoms with E-state index in [2.05, 4.69) is 0 Å². The van der Waals surface area contributed by atoms with Crippen molar-refractivity contribution in [3.05, 3.63) is 35.4 Å². The van der Waals surface area contributed by atoms with E-state index in [1.165, 1.54) is 17.0 Å². The fraction of sp³-hybridized carbons (Fsp3) is 0.429. The van der Waals surface area contributed by atoms with E-state index >= 15 is 0 Å². The third-order valence-electron chi connectivity index (χ3n) is 3.72. The Kier molecular flexibility index (Phi) is 3.74. The van der Waals surface area contributed by atoms with Crippen LogP contribution in [0.25, 0.3) is 0 Å². The molecule has 1 amide bonds. The minimum atomic E-state index is -1.03. The first-order valence-electron chi connectivity index (χ1n) is 6.27. The highest BCUT2D eigenvalue weighted by Gasteiger charge is 2.42. The first-order valence-corrected chi connectivity index (χ1v) is 6.27. The van der Waals surface area contributed by atoms with Gasteiger partial charge in [-0.3, -0.25) is 9.59 Å². The van der Waals surface area contributed by atoms with Crippen LogP contribution in [0, 0.1) is 17.0 Å². The molecule has 6 heteroatoms. The van der Waals surface area contributed by atoms with E-state index in [-0.39, 0.29) is 24.4 Å². The summed E-state index contributed by atoms with van der Waals surface area (Å²) >= 11 is 0. The number of halogens is 2. The number of nitrogens with zero attached hydrogens (tertiary/aromatic N) is 1. The Balaban J connectivity index is 2.07. The van der Waals surface area contributed by atoms with Gasteiger partial charge in [-0.2, -0.15) is 0 Å². The number of hydrogen-bond acceptors (Lipinski definition) is 2. The van der Waals surface area contributed by atoms with Gasteiger partial charge in [0.1, 0.15) is 0 Å². The van der Waals surface area contributed by atoms with Gasteiger partial charge in [0.05, 0.1) is 11.8 Å². The molecule has 1 saturated heterocycles. The van der Waals surface area contributed by atoms with Crippen LogP contribution in [0.1, 0.15) is 18.9 Å². The Bertz CT molecular complexity index is 561. The molecule has 0 radical (unpaired) electrons. The molecule has 20 heavy (non-hydrogen) atoms. The van der Waals surface area contributed by atoms with E-state index in [1.807, 2.05) is 0 Å². The molecule has 1 aliphatic heterocycles. The maximum atomic E-state index is 13.5. The van der Waals surface area contributed by atoms with Crippen LogP contribution >= 0.6 is 0 Å². The smallest absolute Gasteiger partial charge is 0.311 e. The summed E-state index contributed by atoms with van der Waals surface area (Å²) in [4.78, 5) is 24.5. The quantitative estimate of drug-likeness (QED) is 0.920. The number of carboxylic acids is 1. The van der Waals surface area contributed by atoms with Crippen LogP contribution in [-0.4, -0.2) is 35.0 Å². The lowest BCUT2D eigenvalue weighted by atomic mass is 9.90. The van der Waals surface area contributed by atoms with Gasteiger partial charge in [-0.25, -0.2) is 8.78 Å². The zero-order valence-electron chi connectivity index (χ0n) is 11.0. The van der Waals surface area contributed by atoms with Gasteiger partial charge >= 0.3 is 5.97 Å². The third kappa shape index (κ3) is 2.64. The molecule has 1 heterocycles. The number of rotatable bonds is 3. The summed E-state index contributed by atoms with van der Waals surface area (Å²) in [5, 5.41) is 9.09. The Hall–Kier alpha value is -1.98.